The van der Waals surface area contributed by atoms with E-state index in [9.17, 15) is 13.6 Å². The Balaban J connectivity index is 1.67. The average Bonchev–Trinajstić information content (AvgIpc) is 2.67. The average molecular weight is 363 g/mol. The molecule has 1 atom stereocenters. The molecule has 1 amide bonds. The second-order valence-corrected chi connectivity index (χ2v) is 6.00. The van der Waals surface area contributed by atoms with Crippen LogP contribution in [0, 0.1) is 17.6 Å². The normalized spacial score (nSPS) is 15.6. The van der Waals surface area contributed by atoms with E-state index in [0.29, 0.717) is 18.8 Å². The lowest BCUT2D eigenvalue weighted by Gasteiger charge is -2.26. The van der Waals surface area contributed by atoms with Crippen LogP contribution >= 0.6 is 0 Å². The lowest BCUT2D eigenvalue weighted by atomic mass is 9.96. The Bertz CT molecular complexity index is 825. The Hall–Kier alpha value is -2.83. The SMILES string of the molecule is COc1ccc2c(c1)OC[C@H](CNC(=O)c1c(OC)ccc(F)c1F)C2. The number of rotatable bonds is 5. The van der Waals surface area contributed by atoms with Crippen molar-refractivity contribution in [2.75, 3.05) is 27.4 Å². The van der Waals surface area contributed by atoms with Crippen molar-refractivity contribution in [3.05, 3.63) is 53.1 Å². The molecule has 2 aromatic rings. The van der Waals surface area contributed by atoms with Crippen LogP contribution in [0.15, 0.2) is 30.3 Å². The molecule has 1 aliphatic rings. The lowest BCUT2D eigenvalue weighted by molar-refractivity contribution is 0.0930. The smallest absolute Gasteiger partial charge is 0.258 e. The van der Waals surface area contributed by atoms with Crippen LogP contribution in [0.4, 0.5) is 8.78 Å². The highest BCUT2D eigenvalue weighted by molar-refractivity contribution is 5.97. The van der Waals surface area contributed by atoms with Gasteiger partial charge in [0.25, 0.3) is 5.91 Å². The van der Waals surface area contributed by atoms with Gasteiger partial charge in [-0.15, -0.1) is 0 Å². The molecule has 1 N–H and O–H groups in total. The molecule has 2 aromatic carbocycles. The minimum absolute atomic E-state index is 0.0151. The molecule has 0 saturated carbocycles. The van der Waals surface area contributed by atoms with Gasteiger partial charge in [-0.1, -0.05) is 6.07 Å². The zero-order valence-corrected chi connectivity index (χ0v) is 14.5. The topological polar surface area (TPSA) is 56.8 Å². The number of nitrogens with one attached hydrogen (secondary N) is 1. The van der Waals surface area contributed by atoms with Crippen molar-refractivity contribution in [2.24, 2.45) is 5.92 Å². The van der Waals surface area contributed by atoms with Crippen LogP contribution in [-0.2, 0) is 6.42 Å². The Morgan fingerprint density at radius 2 is 2.04 bits per heavy atom. The van der Waals surface area contributed by atoms with Gasteiger partial charge in [-0.05, 0) is 30.2 Å². The highest BCUT2D eigenvalue weighted by Crippen LogP contribution is 2.31. The number of benzene rings is 2. The number of hydrogen-bond donors (Lipinski definition) is 1. The summed E-state index contributed by atoms with van der Waals surface area (Å²) in [7, 11) is 2.88. The van der Waals surface area contributed by atoms with Crippen molar-refractivity contribution < 1.29 is 27.8 Å². The molecule has 0 saturated heterocycles. The maximum atomic E-state index is 14.0. The van der Waals surface area contributed by atoms with Gasteiger partial charge in [0, 0.05) is 18.5 Å². The van der Waals surface area contributed by atoms with E-state index in [1.165, 1.54) is 13.2 Å². The van der Waals surface area contributed by atoms with Crippen molar-refractivity contribution in [1.82, 2.24) is 5.32 Å². The van der Waals surface area contributed by atoms with Crippen LogP contribution in [0.5, 0.6) is 17.2 Å². The molecule has 1 aliphatic heterocycles. The summed E-state index contributed by atoms with van der Waals surface area (Å²) in [5.41, 5.74) is 0.570. The molecule has 138 valence electrons. The van der Waals surface area contributed by atoms with Gasteiger partial charge in [0.15, 0.2) is 11.6 Å². The van der Waals surface area contributed by atoms with Gasteiger partial charge in [-0.2, -0.15) is 0 Å². The summed E-state index contributed by atoms with van der Waals surface area (Å²) < 4.78 is 43.3. The molecule has 0 unspecified atom stereocenters. The largest absolute Gasteiger partial charge is 0.497 e. The molecule has 3 rings (SSSR count). The molecular weight excluding hydrogens is 344 g/mol. The monoisotopic (exact) mass is 363 g/mol. The second kappa shape index (κ2) is 7.59. The lowest BCUT2D eigenvalue weighted by Crippen LogP contribution is -2.35. The number of hydrogen-bond acceptors (Lipinski definition) is 4. The number of carbonyl (C=O) groups is 1. The third kappa shape index (κ3) is 3.56. The molecule has 0 bridgehead atoms. The van der Waals surface area contributed by atoms with Crippen LogP contribution in [0.1, 0.15) is 15.9 Å². The van der Waals surface area contributed by atoms with Gasteiger partial charge in [0.1, 0.15) is 22.8 Å². The Kier molecular flexibility index (Phi) is 5.25. The van der Waals surface area contributed by atoms with Crippen LogP contribution < -0.4 is 19.5 Å². The van der Waals surface area contributed by atoms with Crippen LogP contribution in [0.3, 0.4) is 0 Å². The fourth-order valence-electron chi connectivity index (χ4n) is 2.91. The van der Waals surface area contributed by atoms with Crippen molar-refractivity contribution in [3.8, 4) is 17.2 Å². The van der Waals surface area contributed by atoms with Crippen molar-refractivity contribution in [1.29, 1.82) is 0 Å². The summed E-state index contributed by atoms with van der Waals surface area (Å²) in [6, 6.07) is 7.72. The van der Waals surface area contributed by atoms with E-state index in [4.69, 9.17) is 14.2 Å². The summed E-state index contributed by atoms with van der Waals surface area (Å²) in [6.07, 6.45) is 0.697. The van der Waals surface area contributed by atoms with Crippen LogP contribution in [0.2, 0.25) is 0 Å². The number of ether oxygens (including phenoxy) is 3. The van der Waals surface area contributed by atoms with E-state index in [-0.39, 0.29) is 18.2 Å². The number of carbonyl (C=O) groups excluding carboxylic acids is 1. The first kappa shape index (κ1) is 18.0. The Labute approximate surface area is 149 Å². The van der Waals surface area contributed by atoms with Gasteiger partial charge in [-0.3, -0.25) is 4.79 Å². The zero-order chi connectivity index (χ0) is 18.7. The molecule has 0 aromatic heterocycles. The van der Waals surface area contributed by atoms with Crippen molar-refractivity contribution in [3.63, 3.8) is 0 Å². The van der Waals surface area contributed by atoms with Crippen LogP contribution in [0.25, 0.3) is 0 Å². The van der Waals surface area contributed by atoms with E-state index in [0.717, 1.165) is 17.4 Å². The van der Waals surface area contributed by atoms with Gasteiger partial charge in [0.05, 0.1) is 20.8 Å². The molecule has 5 nitrogen and oxygen atoms in total. The molecule has 26 heavy (non-hydrogen) atoms. The fourth-order valence-corrected chi connectivity index (χ4v) is 2.91. The quantitative estimate of drug-likeness (QED) is 0.887. The highest BCUT2D eigenvalue weighted by atomic mass is 19.2. The predicted octanol–water partition coefficient (Wildman–Crippen LogP) is 2.96. The molecule has 0 fully saturated rings. The number of methoxy groups -OCH3 is 2. The van der Waals surface area contributed by atoms with Gasteiger partial charge < -0.3 is 19.5 Å². The molecule has 1 heterocycles. The summed E-state index contributed by atoms with van der Waals surface area (Å²) >= 11 is 0. The van der Waals surface area contributed by atoms with E-state index in [1.807, 2.05) is 18.2 Å². The molecule has 0 spiro atoms. The molecule has 0 aliphatic carbocycles. The number of fused-ring (bicyclic) bond motifs is 1. The summed E-state index contributed by atoms with van der Waals surface area (Å²) in [5.74, 6) is -1.58. The molecular formula is C19H19F2NO4. The van der Waals surface area contributed by atoms with Gasteiger partial charge in [-0.25, -0.2) is 8.78 Å². The number of halogens is 2. The van der Waals surface area contributed by atoms with Crippen molar-refractivity contribution >= 4 is 5.91 Å². The summed E-state index contributed by atoms with van der Waals surface area (Å²) in [6.45, 7) is 0.673. The summed E-state index contributed by atoms with van der Waals surface area (Å²) in [4.78, 5) is 12.3. The minimum atomic E-state index is -1.22. The van der Waals surface area contributed by atoms with Crippen LogP contribution in [-0.4, -0.2) is 33.3 Å². The maximum absolute atomic E-state index is 14.0. The maximum Gasteiger partial charge on any atom is 0.258 e. The van der Waals surface area contributed by atoms with Crippen molar-refractivity contribution in [2.45, 2.75) is 6.42 Å². The van der Waals surface area contributed by atoms with Gasteiger partial charge in [0.2, 0.25) is 0 Å². The van der Waals surface area contributed by atoms with E-state index >= 15 is 0 Å². The second-order valence-electron chi connectivity index (χ2n) is 6.00. The number of amides is 1. The highest BCUT2D eigenvalue weighted by Gasteiger charge is 2.24. The summed E-state index contributed by atoms with van der Waals surface area (Å²) in [5, 5.41) is 2.63. The first-order chi connectivity index (χ1) is 12.5. The third-order valence-electron chi connectivity index (χ3n) is 4.31. The van der Waals surface area contributed by atoms with E-state index in [1.54, 1.807) is 7.11 Å². The van der Waals surface area contributed by atoms with E-state index < -0.39 is 23.1 Å². The Morgan fingerprint density at radius 1 is 1.23 bits per heavy atom. The Morgan fingerprint density at radius 3 is 2.77 bits per heavy atom. The van der Waals surface area contributed by atoms with E-state index in [2.05, 4.69) is 5.32 Å². The first-order valence-corrected chi connectivity index (χ1v) is 8.13. The zero-order valence-electron chi connectivity index (χ0n) is 14.5. The molecule has 0 radical (unpaired) electrons. The molecule has 7 heteroatoms. The standard InChI is InChI=1S/C19H19F2NO4/c1-24-13-4-3-12-7-11(10-26-16(12)8-13)9-22-19(23)17-15(25-2)6-5-14(20)18(17)21/h3-6,8,11H,7,9-10H2,1-2H3,(H,22,23)/t11-/m0/s1. The third-order valence-corrected chi connectivity index (χ3v) is 4.31. The van der Waals surface area contributed by atoms with Gasteiger partial charge >= 0.3 is 0 Å². The fraction of sp³-hybridized carbons (Fsp3) is 0.316. The first-order valence-electron chi connectivity index (χ1n) is 8.13. The predicted molar refractivity (Wildman–Crippen MR) is 90.9 cm³/mol. The minimum Gasteiger partial charge on any atom is -0.497 e.